The van der Waals surface area contributed by atoms with Crippen LogP contribution in [0.3, 0.4) is 0 Å². The number of rotatable bonds is 4. The lowest BCUT2D eigenvalue weighted by Crippen LogP contribution is -2.06. The first-order valence-electron chi connectivity index (χ1n) is 5.84. The van der Waals surface area contributed by atoms with E-state index in [-0.39, 0.29) is 11.6 Å². The molecule has 3 nitrogen and oxygen atoms in total. The lowest BCUT2D eigenvalue weighted by Gasteiger charge is -2.09. The van der Waals surface area contributed by atoms with E-state index in [1.165, 1.54) is 6.20 Å². The molecule has 0 aliphatic heterocycles. The Labute approximate surface area is 116 Å². The highest BCUT2D eigenvalue weighted by atomic mass is 35.5. The Balaban J connectivity index is 2.28. The van der Waals surface area contributed by atoms with Crippen LogP contribution in [0, 0.1) is 12.7 Å². The molecule has 0 bridgehead atoms. The van der Waals surface area contributed by atoms with Gasteiger partial charge in [0.15, 0.2) is 11.6 Å². The van der Waals surface area contributed by atoms with Gasteiger partial charge in [0, 0.05) is 18.8 Å². The Hall–Kier alpha value is -1.65. The molecule has 1 aromatic carbocycles. The number of aryl methyl sites for hydroxylation is 1. The monoisotopic (exact) mass is 280 g/mol. The van der Waals surface area contributed by atoms with E-state index < -0.39 is 0 Å². The van der Waals surface area contributed by atoms with Crippen molar-refractivity contribution < 1.29 is 9.13 Å². The van der Waals surface area contributed by atoms with Crippen molar-refractivity contribution in [2.24, 2.45) is 0 Å². The predicted octanol–water partition coefficient (Wildman–Crippen LogP) is 3.69. The van der Waals surface area contributed by atoms with Gasteiger partial charge in [0.25, 0.3) is 0 Å². The third kappa shape index (κ3) is 3.22. The molecule has 5 heteroatoms. The third-order valence-corrected chi connectivity index (χ3v) is 2.99. The number of aromatic nitrogens is 1. The van der Waals surface area contributed by atoms with Crippen LogP contribution in [-0.4, -0.2) is 12.0 Å². The van der Waals surface area contributed by atoms with Gasteiger partial charge in [-0.1, -0.05) is 23.7 Å². The van der Waals surface area contributed by atoms with E-state index in [4.69, 9.17) is 16.3 Å². The first-order chi connectivity index (χ1) is 9.11. The molecule has 0 saturated carbocycles. The highest BCUT2D eigenvalue weighted by Gasteiger charge is 2.09. The molecular weight excluding hydrogens is 267 g/mol. The van der Waals surface area contributed by atoms with Gasteiger partial charge in [-0.3, -0.25) is 0 Å². The third-order valence-electron chi connectivity index (χ3n) is 2.65. The molecule has 0 unspecified atom stereocenters. The number of halogens is 2. The Morgan fingerprint density at radius 3 is 2.95 bits per heavy atom. The zero-order valence-corrected chi connectivity index (χ0v) is 11.5. The van der Waals surface area contributed by atoms with Gasteiger partial charge in [-0.15, -0.1) is 0 Å². The molecule has 1 heterocycles. The summed E-state index contributed by atoms with van der Waals surface area (Å²) >= 11 is 6.00. The molecule has 0 fully saturated rings. The maximum absolute atomic E-state index is 13.8. The maximum Gasteiger partial charge on any atom is 0.219 e. The van der Waals surface area contributed by atoms with Crippen molar-refractivity contribution in [2.45, 2.75) is 13.5 Å². The number of nitrogens with zero attached hydrogens (tertiary/aromatic N) is 1. The lowest BCUT2D eigenvalue weighted by atomic mass is 10.2. The molecule has 0 saturated heterocycles. The summed E-state index contributed by atoms with van der Waals surface area (Å²) in [5, 5.41) is 3.54. The summed E-state index contributed by atoms with van der Waals surface area (Å²) in [6.07, 6.45) is 1.50. The van der Waals surface area contributed by atoms with Crippen LogP contribution in [0.25, 0.3) is 0 Å². The van der Waals surface area contributed by atoms with Gasteiger partial charge in [0.05, 0.1) is 5.02 Å². The standard InChI is InChI=1S/C14H14ClFN2O/c1-9-4-3-5-12(14(9)16)19-13-6-10(7-17-2)11(15)8-18-13/h3-6,8,17H,7H2,1-2H3. The maximum atomic E-state index is 13.8. The molecule has 2 rings (SSSR count). The van der Waals surface area contributed by atoms with E-state index in [0.29, 0.717) is 23.0 Å². The van der Waals surface area contributed by atoms with Crippen LogP contribution < -0.4 is 10.1 Å². The number of hydrogen-bond acceptors (Lipinski definition) is 3. The van der Waals surface area contributed by atoms with Crippen LogP contribution >= 0.6 is 11.6 Å². The SMILES string of the molecule is CNCc1cc(Oc2cccc(C)c2F)ncc1Cl. The molecule has 2 aromatic rings. The fourth-order valence-electron chi connectivity index (χ4n) is 1.65. The molecule has 0 spiro atoms. The Kier molecular flexibility index (Phi) is 4.35. The molecule has 19 heavy (non-hydrogen) atoms. The van der Waals surface area contributed by atoms with Crippen LogP contribution in [0.5, 0.6) is 11.6 Å². The van der Waals surface area contributed by atoms with Gasteiger partial charge in [0.1, 0.15) is 0 Å². The Bertz CT molecular complexity index is 590. The topological polar surface area (TPSA) is 34.1 Å². The minimum Gasteiger partial charge on any atom is -0.436 e. The Morgan fingerprint density at radius 2 is 2.21 bits per heavy atom. The van der Waals surface area contributed by atoms with Gasteiger partial charge >= 0.3 is 0 Å². The second-order valence-corrected chi connectivity index (χ2v) is 4.54. The minimum absolute atomic E-state index is 0.158. The fourth-order valence-corrected chi connectivity index (χ4v) is 1.82. The molecule has 0 aliphatic rings. The molecular formula is C14H14ClFN2O. The van der Waals surface area contributed by atoms with Crippen LogP contribution in [0.4, 0.5) is 4.39 Å². The van der Waals surface area contributed by atoms with Crippen LogP contribution in [-0.2, 0) is 6.54 Å². The number of nitrogens with one attached hydrogen (secondary N) is 1. The first kappa shape index (κ1) is 13.8. The molecule has 0 radical (unpaired) electrons. The van der Waals surface area contributed by atoms with E-state index >= 15 is 0 Å². The highest BCUT2D eigenvalue weighted by Crippen LogP contribution is 2.27. The number of hydrogen-bond donors (Lipinski definition) is 1. The van der Waals surface area contributed by atoms with Crippen LogP contribution in [0.2, 0.25) is 5.02 Å². The normalized spacial score (nSPS) is 10.5. The highest BCUT2D eigenvalue weighted by molar-refractivity contribution is 6.31. The zero-order chi connectivity index (χ0) is 13.8. The van der Waals surface area contributed by atoms with Crippen molar-refractivity contribution in [3.63, 3.8) is 0 Å². The smallest absolute Gasteiger partial charge is 0.219 e. The van der Waals surface area contributed by atoms with Gasteiger partial charge in [-0.05, 0) is 31.2 Å². The van der Waals surface area contributed by atoms with Crippen molar-refractivity contribution in [1.29, 1.82) is 0 Å². The summed E-state index contributed by atoms with van der Waals surface area (Å²) in [7, 11) is 1.82. The van der Waals surface area contributed by atoms with Gasteiger partial charge in [0.2, 0.25) is 5.88 Å². The fraction of sp³-hybridized carbons (Fsp3) is 0.214. The number of ether oxygens (including phenoxy) is 1. The quantitative estimate of drug-likeness (QED) is 0.927. The summed E-state index contributed by atoms with van der Waals surface area (Å²) in [5.41, 5.74) is 1.38. The summed E-state index contributed by atoms with van der Waals surface area (Å²) in [6.45, 7) is 2.28. The number of benzene rings is 1. The minimum atomic E-state index is -0.380. The lowest BCUT2D eigenvalue weighted by molar-refractivity contribution is 0.425. The van der Waals surface area contributed by atoms with Crippen molar-refractivity contribution >= 4 is 11.6 Å². The molecule has 1 N–H and O–H groups in total. The van der Waals surface area contributed by atoms with Crippen LogP contribution in [0.15, 0.2) is 30.5 Å². The van der Waals surface area contributed by atoms with E-state index in [1.807, 2.05) is 7.05 Å². The Morgan fingerprint density at radius 1 is 1.42 bits per heavy atom. The number of pyridine rings is 1. The largest absolute Gasteiger partial charge is 0.436 e. The second kappa shape index (κ2) is 5.99. The van der Waals surface area contributed by atoms with Crippen LogP contribution in [0.1, 0.15) is 11.1 Å². The molecule has 100 valence electrons. The summed E-state index contributed by atoms with van der Waals surface area (Å²) < 4.78 is 19.3. The molecule has 0 atom stereocenters. The molecule has 0 aliphatic carbocycles. The van der Waals surface area contributed by atoms with E-state index in [1.54, 1.807) is 31.2 Å². The van der Waals surface area contributed by atoms with Crippen molar-refractivity contribution in [3.05, 3.63) is 52.4 Å². The predicted molar refractivity (Wildman–Crippen MR) is 73.2 cm³/mol. The second-order valence-electron chi connectivity index (χ2n) is 4.13. The average molecular weight is 281 g/mol. The van der Waals surface area contributed by atoms with E-state index in [9.17, 15) is 4.39 Å². The van der Waals surface area contributed by atoms with Crippen molar-refractivity contribution in [2.75, 3.05) is 7.05 Å². The summed E-state index contributed by atoms with van der Waals surface area (Å²) in [6, 6.07) is 6.68. The van der Waals surface area contributed by atoms with Crippen molar-refractivity contribution in [1.82, 2.24) is 10.3 Å². The van der Waals surface area contributed by atoms with E-state index in [0.717, 1.165) is 5.56 Å². The molecule has 0 amide bonds. The van der Waals surface area contributed by atoms with Crippen molar-refractivity contribution in [3.8, 4) is 11.6 Å². The zero-order valence-electron chi connectivity index (χ0n) is 10.7. The summed E-state index contributed by atoms with van der Waals surface area (Å²) in [4.78, 5) is 4.04. The molecule has 1 aromatic heterocycles. The van der Waals surface area contributed by atoms with Gasteiger partial charge in [-0.2, -0.15) is 0 Å². The average Bonchev–Trinajstić information content (AvgIpc) is 2.39. The summed E-state index contributed by atoms with van der Waals surface area (Å²) in [5.74, 6) is 0.0961. The van der Waals surface area contributed by atoms with Gasteiger partial charge in [-0.25, -0.2) is 9.37 Å². The first-order valence-corrected chi connectivity index (χ1v) is 6.21. The van der Waals surface area contributed by atoms with E-state index in [2.05, 4.69) is 10.3 Å². The van der Waals surface area contributed by atoms with Gasteiger partial charge < -0.3 is 10.1 Å².